The average Bonchev–Trinajstić information content (AvgIpc) is 2.91. The molecule has 0 radical (unpaired) electrons. The molecular weight excluding hydrogens is 452 g/mol. The van der Waals surface area contributed by atoms with Crippen molar-refractivity contribution in [3.05, 3.63) is 72.3 Å². The van der Waals surface area contributed by atoms with Crippen molar-refractivity contribution in [3.63, 3.8) is 0 Å². The van der Waals surface area contributed by atoms with Crippen molar-refractivity contribution in [1.29, 1.82) is 0 Å². The van der Waals surface area contributed by atoms with Crippen molar-refractivity contribution < 1.29 is 24.1 Å². The summed E-state index contributed by atoms with van der Waals surface area (Å²) in [6, 6.07) is 16.0. The van der Waals surface area contributed by atoms with Crippen LogP contribution in [0.5, 0.6) is 0 Å². The predicted octanol–water partition coefficient (Wildman–Crippen LogP) is 7.88. The summed E-state index contributed by atoms with van der Waals surface area (Å²) < 4.78 is 4.96. The highest BCUT2D eigenvalue weighted by atomic mass is 17.2. The fourth-order valence-electron chi connectivity index (χ4n) is 4.01. The number of esters is 1. The minimum atomic E-state index is -0.446. The zero-order valence-corrected chi connectivity index (χ0v) is 22.0. The van der Waals surface area contributed by atoms with Gasteiger partial charge in [0, 0.05) is 6.08 Å². The number of carbonyl (C=O) groups excluding carboxylic acids is 2. The first kappa shape index (κ1) is 29.3. The Labute approximate surface area is 216 Å². The second-order valence-corrected chi connectivity index (χ2v) is 9.35. The van der Waals surface area contributed by atoms with Gasteiger partial charge in [0.15, 0.2) is 0 Å². The second kappa shape index (κ2) is 17.5. The van der Waals surface area contributed by atoms with Crippen molar-refractivity contribution in [2.24, 2.45) is 5.92 Å². The van der Waals surface area contributed by atoms with Crippen molar-refractivity contribution >= 4 is 11.9 Å². The molecule has 0 aliphatic heterocycles. The summed E-state index contributed by atoms with van der Waals surface area (Å²) in [6.07, 6.45) is 11.6. The van der Waals surface area contributed by atoms with Crippen LogP contribution < -0.4 is 0 Å². The number of hydrogen-bond donors (Lipinski definition) is 0. The molecule has 0 bridgehead atoms. The fourth-order valence-corrected chi connectivity index (χ4v) is 4.01. The molecule has 2 aromatic rings. The normalized spacial score (nSPS) is 11.6. The molecule has 2 aromatic carbocycles. The van der Waals surface area contributed by atoms with E-state index in [0.29, 0.717) is 24.7 Å². The van der Waals surface area contributed by atoms with Crippen LogP contribution in [0.3, 0.4) is 0 Å². The Balaban J connectivity index is 1.65. The Bertz CT molecular complexity index is 922. The molecule has 36 heavy (non-hydrogen) atoms. The summed E-state index contributed by atoms with van der Waals surface area (Å²) in [5.74, 6) is -0.272. The molecule has 0 aliphatic rings. The summed E-state index contributed by atoms with van der Waals surface area (Å²) in [4.78, 5) is 33.8. The van der Waals surface area contributed by atoms with E-state index >= 15 is 0 Å². The summed E-state index contributed by atoms with van der Waals surface area (Å²) in [7, 11) is 0. The number of benzene rings is 2. The Morgan fingerprint density at radius 2 is 1.53 bits per heavy atom. The molecule has 1 atom stereocenters. The third kappa shape index (κ3) is 11.2. The highest BCUT2D eigenvalue weighted by Crippen LogP contribution is 2.28. The monoisotopic (exact) mass is 494 g/mol. The maximum atomic E-state index is 12.6. The van der Waals surface area contributed by atoms with E-state index in [4.69, 9.17) is 14.5 Å². The van der Waals surface area contributed by atoms with Crippen LogP contribution in [0.25, 0.3) is 11.1 Å². The number of unbranched alkanes of at least 4 members (excludes halogenated alkanes) is 7. The van der Waals surface area contributed by atoms with Crippen LogP contribution in [0, 0.1) is 5.92 Å². The largest absolute Gasteiger partial charge is 0.463 e. The molecule has 0 spiro atoms. The SMILES string of the molecule is C=CC(=O)OCCCCCCCCCCOOC(=O)c1ccc(-c2ccccc2)c(CC(C)CC)c1. The van der Waals surface area contributed by atoms with Crippen LogP contribution in [-0.4, -0.2) is 25.2 Å². The molecule has 0 heterocycles. The Morgan fingerprint density at radius 1 is 0.889 bits per heavy atom. The maximum absolute atomic E-state index is 12.6. The lowest BCUT2D eigenvalue weighted by atomic mass is 9.90. The van der Waals surface area contributed by atoms with Crippen molar-refractivity contribution in [2.75, 3.05) is 13.2 Å². The zero-order valence-electron chi connectivity index (χ0n) is 22.0. The Hall–Kier alpha value is -2.92. The predicted molar refractivity (Wildman–Crippen MR) is 144 cm³/mol. The highest BCUT2D eigenvalue weighted by Gasteiger charge is 2.14. The number of hydrogen-bond acceptors (Lipinski definition) is 5. The third-order valence-corrected chi connectivity index (χ3v) is 6.36. The smallest absolute Gasteiger partial charge is 0.373 e. The second-order valence-electron chi connectivity index (χ2n) is 9.35. The number of ether oxygens (including phenoxy) is 1. The van der Waals surface area contributed by atoms with Crippen LogP contribution in [0.1, 0.15) is 87.6 Å². The molecule has 0 fully saturated rings. The molecule has 0 saturated carbocycles. The molecule has 5 nitrogen and oxygen atoms in total. The zero-order chi connectivity index (χ0) is 26.0. The van der Waals surface area contributed by atoms with Crippen molar-refractivity contribution in [1.82, 2.24) is 0 Å². The molecule has 0 amide bonds. The summed E-state index contributed by atoms with van der Waals surface area (Å²) in [5, 5.41) is 0. The summed E-state index contributed by atoms with van der Waals surface area (Å²) >= 11 is 0. The van der Waals surface area contributed by atoms with Gasteiger partial charge in [-0.3, -0.25) is 4.89 Å². The lowest BCUT2D eigenvalue weighted by Crippen LogP contribution is -2.09. The standard InChI is InChI=1S/C31H42O5/c1-4-25(3)23-28-24-27(19-20-29(28)26-17-13-12-14-18-26)31(33)36-35-22-16-11-9-7-6-8-10-15-21-34-30(32)5-2/h5,12-14,17-20,24-25H,2,4,6-11,15-16,21-23H2,1,3H3. The van der Waals surface area contributed by atoms with Gasteiger partial charge in [0.05, 0.1) is 18.8 Å². The Kier molecular flexibility index (Phi) is 14.2. The van der Waals surface area contributed by atoms with Crippen molar-refractivity contribution in [2.45, 2.75) is 78.1 Å². The average molecular weight is 495 g/mol. The summed E-state index contributed by atoms with van der Waals surface area (Å²) in [6.45, 7) is 8.67. The molecule has 1 unspecified atom stereocenters. The fraction of sp³-hybridized carbons (Fsp3) is 0.484. The number of rotatable bonds is 18. The summed E-state index contributed by atoms with van der Waals surface area (Å²) in [5.41, 5.74) is 3.99. The third-order valence-electron chi connectivity index (χ3n) is 6.36. The van der Waals surface area contributed by atoms with Crippen molar-refractivity contribution in [3.8, 4) is 11.1 Å². The van der Waals surface area contributed by atoms with Crippen LogP contribution in [-0.2, 0) is 25.7 Å². The topological polar surface area (TPSA) is 61.8 Å². The van der Waals surface area contributed by atoms with E-state index in [9.17, 15) is 9.59 Å². The van der Waals surface area contributed by atoms with Gasteiger partial charge in [-0.1, -0.05) is 102 Å². The maximum Gasteiger partial charge on any atom is 0.373 e. The van der Waals surface area contributed by atoms with Crippen LogP contribution in [0.4, 0.5) is 0 Å². The van der Waals surface area contributed by atoms with Gasteiger partial charge >= 0.3 is 11.9 Å². The molecule has 0 aromatic heterocycles. The lowest BCUT2D eigenvalue weighted by molar-refractivity contribution is -0.241. The van der Waals surface area contributed by atoms with E-state index in [1.165, 1.54) is 18.9 Å². The van der Waals surface area contributed by atoms with Gasteiger partial charge in [-0.2, -0.15) is 4.89 Å². The van der Waals surface area contributed by atoms with E-state index in [1.807, 2.05) is 36.4 Å². The highest BCUT2D eigenvalue weighted by molar-refractivity contribution is 5.90. The molecule has 196 valence electrons. The Morgan fingerprint density at radius 3 is 2.17 bits per heavy atom. The minimum Gasteiger partial charge on any atom is -0.463 e. The van der Waals surface area contributed by atoms with E-state index in [-0.39, 0.29) is 5.97 Å². The van der Waals surface area contributed by atoms with Gasteiger partial charge in [-0.25, -0.2) is 9.59 Å². The lowest BCUT2D eigenvalue weighted by Gasteiger charge is -2.15. The first-order valence-corrected chi connectivity index (χ1v) is 13.4. The van der Waals surface area contributed by atoms with Crippen LogP contribution >= 0.6 is 0 Å². The van der Waals surface area contributed by atoms with Gasteiger partial charge in [0.2, 0.25) is 0 Å². The molecule has 0 N–H and O–H groups in total. The van der Waals surface area contributed by atoms with Gasteiger partial charge in [-0.15, -0.1) is 0 Å². The molecule has 0 saturated heterocycles. The van der Waals surface area contributed by atoms with E-state index in [1.54, 1.807) is 0 Å². The first-order chi connectivity index (χ1) is 17.5. The van der Waals surface area contributed by atoms with Gasteiger partial charge in [0.25, 0.3) is 0 Å². The quantitative estimate of drug-likeness (QED) is 0.0693. The number of carbonyl (C=O) groups is 2. The van der Waals surface area contributed by atoms with E-state index in [2.05, 4.69) is 32.6 Å². The van der Waals surface area contributed by atoms with Crippen LogP contribution in [0.15, 0.2) is 61.2 Å². The molecular formula is C31H42O5. The molecule has 5 heteroatoms. The minimum absolute atomic E-state index is 0.352. The van der Waals surface area contributed by atoms with E-state index < -0.39 is 5.97 Å². The first-order valence-electron chi connectivity index (χ1n) is 13.4. The molecule has 0 aliphatic carbocycles. The van der Waals surface area contributed by atoms with Gasteiger partial charge in [-0.05, 0) is 54.0 Å². The van der Waals surface area contributed by atoms with Crippen LogP contribution in [0.2, 0.25) is 0 Å². The molecule has 2 rings (SSSR count). The van der Waals surface area contributed by atoms with Gasteiger partial charge in [0.1, 0.15) is 0 Å². The van der Waals surface area contributed by atoms with E-state index in [0.717, 1.165) is 68.1 Å². The van der Waals surface area contributed by atoms with Gasteiger partial charge < -0.3 is 4.74 Å².